The van der Waals surface area contributed by atoms with Crippen molar-refractivity contribution in [2.24, 2.45) is 5.92 Å². The van der Waals surface area contributed by atoms with Gasteiger partial charge in [0.15, 0.2) is 0 Å². The molecule has 0 aliphatic carbocycles. The van der Waals surface area contributed by atoms with E-state index in [9.17, 15) is 14.7 Å². The first kappa shape index (κ1) is 15.5. The molecule has 1 aliphatic rings. The fraction of sp³-hybridized carbons (Fsp3) is 0.500. The van der Waals surface area contributed by atoms with E-state index in [1.165, 1.54) is 0 Å². The molecular weight excluding hydrogens is 270 g/mol. The van der Waals surface area contributed by atoms with Crippen LogP contribution in [0.5, 0.6) is 0 Å². The molecule has 114 valence electrons. The number of carbonyl (C=O) groups is 2. The number of hydrogen-bond acceptors (Lipinski definition) is 3. The Bertz CT molecular complexity index is 468. The Labute approximate surface area is 124 Å². The Morgan fingerprint density at radius 3 is 2.71 bits per heavy atom. The predicted octanol–water partition coefficient (Wildman–Crippen LogP) is 1.62. The molecule has 1 aliphatic heterocycles. The molecule has 2 atom stereocenters. The SMILES string of the molecule is O=C(NC(CCc1ccccc1)C(=O)O)C1CCCOC1. The number of ether oxygens (including phenoxy) is 1. The number of nitrogens with one attached hydrogen (secondary N) is 1. The number of benzene rings is 1. The lowest BCUT2D eigenvalue weighted by atomic mass is 10.00. The molecule has 0 saturated carbocycles. The summed E-state index contributed by atoms with van der Waals surface area (Å²) in [5.74, 6) is -1.43. The molecule has 0 spiro atoms. The van der Waals surface area contributed by atoms with Crippen LogP contribution in [0.1, 0.15) is 24.8 Å². The first-order chi connectivity index (χ1) is 10.2. The van der Waals surface area contributed by atoms with Crippen LogP contribution in [0.2, 0.25) is 0 Å². The predicted molar refractivity (Wildman–Crippen MR) is 77.9 cm³/mol. The first-order valence-electron chi connectivity index (χ1n) is 7.31. The molecule has 1 amide bonds. The monoisotopic (exact) mass is 291 g/mol. The van der Waals surface area contributed by atoms with Gasteiger partial charge in [-0.3, -0.25) is 4.79 Å². The number of carbonyl (C=O) groups excluding carboxylic acids is 1. The first-order valence-corrected chi connectivity index (χ1v) is 7.31. The Balaban J connectivity index is 1.86. The van der Waals surface area contributed by atoms with Crippen LogP contribution in [-0.4, -0.2) is 36.2 Å². The van der Waals surface area contributed by atoms with Gasteiger partial charge in [0.1, 0.15) is 6.04 Å². The van der Waals surface area contributed by atoms with Gasteiger partial charge in [-0.25, -0.2) is 4.79 Å². The van der Waals surface area contributed by atoms with Gasteiger partial charge in [0.2, 0.25) is 5.91 Å². The van der Waals surface area contributed by atoms with Crippen molar-refractivity contribution in [2.45, 2.75) is 31.7 Å². The second-order valence-electron chi connectivity index (χ2n) is 5.34. The van der Waals surface area contributed by atoms with E-state index in [1.54, 1.807) is 0 Å². The second kappa shape index (κ2) is 7.78. The zero-order valence-corrected chi connectivity index (χ0v) is 12.0. The number of rotatable bonds is 6. The number of aliphatic carboxylic acids is 1. The van der Waals surface area contributed by atoms with Gasteiger partial charge in [-0.2, -0.15) is 0 Å². The van der Waals surface area contributed by atoms with Crippen LogP contribution in [0.15, 0.2) is 30.3 Å². The second-order valence-corrected chi connectivity index (χ2v) is 5.34. The Hall–Kier alpha value is -1.88. The molecule has 5 heteroatoms. The molecule has 1 heterocycles. The van der Waals surface area contributed by atoms with Crippen molar-refractivity contribution in [3.63, 3.8) is 0 Å². The highest BCUT2D eigenvalue weighted by Gasteiger charge is 2.26. The average Bonchev–Trinajstić information content (AvgIpc) is 2.52. The summed E-state index contributed by atoms with van der Waals surface area (Å²) in [5, 5.41) is 11.9. The molecule has 1 fully saturated rings. The summed E-state index contributed by atoms with van der Waals surface area (Å²) in [4.78, 5) is 23.4. The number of hydrogen-bond donors (Lipinski definition) is 2. The van der Waals surface area contributed by atoms with Gasteiger partial charge in [-0.1, -0.05) is 30.3 Å². The minimum Gasteiger partial charge on any atom is -0.480 e. The third kappa shape index (κ3) is 4.86. The van der Waals surface area contributed by atoms with Gasteiger partial charge in [0.05, 0.1) is 12.5 Å². The molecular formula is C16H21NO4. The lowest BCUT2D eigenvalue weighted by molar-refractivity contribution is -0.143. The summed E-state index contributed by atoms with van der Waals surface area (Å²) in [6.45, 7) is 1.07. The minimum atomic E-state index is -0.990. The van der Waals surface area contributed by atoms with Crippen LogP contribution in [0.3, 0.4) is 0 Å². The highest BCUT2D eigenvalue weighted by Crippen LogP contribution is 2.14. The molecule has 5 nitrogen and oxygen atoms in total. The van der Waals surface area contributed by atoms with Crippen molar-refractivity contribution >= 4 is 11.9 Å². The lowest BCUT2D eigenvalue weighted by Crippen LogP contribution is -2.45. The maximum Gasteiger partial charge on any atom is 0.326 e. The van der Waals surface area contributed by atoms with E-state index in [1.807, 2.05) is 30.3 Å². The summed E-state index contributed by atoms with van der Waals surface area (Å²) in [7, 11) is 0. The maximum atomic E-state index is 12.1. The van der Waals surface area contributed by atoms with Gasteiger partial charge in [-0.15, -0.1) is 0 Å². The smallest absolute Gasteiger partial charge is 0.326 e. The molecule has 1 saturated heterocycles. The Morgan fingerprint density at radius 1 is 1.33 bits per heavy atom. The van der Waals surface area contributed by atoms with Crippen LogP contribution in [0, 0.1) is 5.92 Å². The highest BCUT2D eigenvalue weighted by atomic mass is 16.5. The third-order valence-electron chi connectivity index (χ3n) is 3.71. The Morgan fingerprint density at radius 2 is 2.10 bits per heavy atom. The fourth-order valence-electron chi connectivity index (χ4n) is 2.45. The van der Waals surface area contributed by atoms with Crippen LogP contribution in [0.25, 0.3) is 0 Å². The Kier molecular flexibility index (Phi) is 5.75. The van der Waals surface area contributed by atoms with Crippen LogP contribution >= 0.6 is 0 Å². The van der Waals surface area contributed by atoms with E-state index in [0.29, 0.717) is 26.1 Å². The topological polar surface area (TPSA) is 75.6 Å². The normalized spacial score (nSPS) is 19.7. The van der Waals surface area contributed by atoms with Gasteiger partial charge in [-0.05, 0) is 31.2 Å². The average molecular weight is 291 g/mol. The summed E-state index contributed by atoms with van der Waals surface area (Å²) in [6.07, 6.45) is 2.62. The minimum absolute atomic E-state index is 0.213. The van der Waals surface area contributed by atoms with E-state index in [0.717, 1.165) is 18.4 Å². The molecule has 0 radical (unpaired) electrons. The highest BCUT2D eigenvalue weighted by molar-refractivity contribution is 5.85. The number of amides is 1. The van der Waals surface area contributed by atoms with E-state index >= 15 is 0 Å². The zero-order chi connectivity index (χ0) is 15.1. The van der Waals surface area contributed by atoms with Gasteiger partial charge < -0.3 is 15.2 Å². The number of aryl methyl sites for hydroxylation is 1. The van der Waals surface area contributed by atoms with E-state index < -0.39 is 12.0 Å². The molecule has 0 bridgehead atoms. The van der Waals surface area contributed by atoms with E-state index in [-0.39, 0.29) is 11.8 Å². The molecule has 21 heavy (non-hydrogen) atoms. The molecule has 0 aromatic heterocycles. The van der Waals surface area contributed by atoms with Crippen molar-refractivity contribution in [1.29, 1.82) is 0 Å². The summed E-state index contributed by atoms with van der Waals surface area (Å²) >= 11 is 0. The van der Waals surface area contributed by atoms with Crippen molar-refractivity contribution < 1.29 is 19.4 Å². The standard InChI is InChI=1S/C16H21NO4/c18-15(13-7-4-10-21-11-13)17-14(16(19)20)9-8-12-5-2-1-3-6-12/h1-3,5-6,13-14H,4,7-11H2,(H,17,18)(H,19,20). The van der Waals surface area contributed by atoms with Crippen LogP contribution < -0.4 is 5.32 Å². The van der Waals surface area contributed by atoms with Crippen molar-refractivity contribution in [2.75, 3.05) is 13.2 Å². The number of carboxylic acids is 1. The molecule has 1 aromatic rings. The van der Waals surface area contributed by atoms with Gasteiger partial charge >= 0.3 is 5.97 Å². The zero-order valence-electron chi connectivity index (χ0n) is 12.0. The lowest BCUT2D eigenvalue weighted by Gasteiger charge is -2.23. The van der Waals surface area contributed by atoms with Crippen molar-refractivity contribution in [3.8, 4) is 0 Å². The summed E-state index contributed by atoms with van der Waals surface area (Å²) in [5.41, 5.74) is 1.07. The van der Waals surface area contributed by atoms with Gasteiger partial charge in [0, 0.05) is 6.61 Å². The third-order valence-corrected chi connectivity index (χ3v) is 3.71. The van der Waals surface area contributed by atoms with Crippen molar-refractivity contribution in [1.82, 2.24) is 5.32 Å². The van der Waals surface area contributed by atoms with Crippen molar-refractivity contribution in [3.05, 3.63) is 35.9 Å². The summed E-state index contributed by atoms with van der Waals surface area (Å²) in [6, 6.07) is 8.82. The maximum absolute atomic E-state index is 12.1. The molecule has 2 rings (SSSR count). The quantitative estimate of drug-likeness (QED) is 0.835. The molecule has 2 N–H and O–H groups in total. The number of carboxylic acid groups (broad SMARTS) is 1. The molecule has 2 unspecified atom stereocenters. The molecule has 1 aromatic carbocycles. The van der Waals surface area contributed by atoms with E-state index in [2.05, 4.69) is 5.32 Å². The largest absolute Gasteiger partial charge is 0.480 e. The van der Waals surface area contributed by atoms with Gasteiger partial charge in [0.25, 0.3) is 0 Å². The van der Waals surface area contributed by atoms with E-state index in [4.69, 9.17) is 4.74 Å². The summed E-state index contributed by atoms with van der Waals surface area (Å²) < 4.78 is 5.27. The van der Waals surface area contributed by atoms with Crippen LogP contribution in [-0.2, 0) is 20.7 Å². The fourth-order valence-corrected chi connectivity index (χ4v) is 2.45. The van der Waals surface area contributed by atoms with Crippen LogP contribution in [0.4, 0.5) is 0 Å².